The predicted molar refractivity (Wildman–Crippen MR) is 157 cm³/mol. The number of hydrogen-bond acceptors (Lipinski definition) is 4. The molecule has 1 heterocycles. The molecule has 0 aliphatic carbocycles. The number of ether oxygens (including phenoxy) is 3. The molecule has 0 unspecified atom stereocenters. The van der Waals surface area contributed by atoms with Crippen LogP contribution in [0.25, 0.3) is 10.9 Å². The number of hydrogen-bond donors (Lipinski definition) is 0. The van der Waals surface area contributed by atoms with Gasteiger partial charge in [0.05, 0.1) is 25.8 Å². The molecule has 5 nitrogen and oxygen atoms in total. The lowest BCUT2D eigenvalue weighted by Crippen LogP contribution is -2.23. The molecule has 210 valence electrons. The molecule has 0 aliphatic rings. The molecule has 2 aromatic rings. The van der Waals surface area contributed by atoms with E-state index < -0.39 is 0 Å². The number of aromatic nitrogens is 1. The van der Waals surface area contributed by atoms with Crippen LogP contribution in [-0.2, 0) is 6.54 Å². The fourth-order valence-corrected chi connectivity index (χ4v) is 4.84. The fraction of sp³-hybridized carbons (Fsp3) is 0.719. The van der Waals surface area contributed by atoms with Gasteiger partial charge in [-0.2, -0.15) is 0 Å². The Labute approximate surface area is 225 Å². The Kier molecular flexibility index (Phi) is 15.9. The van der Waals surface area contributed by atoms with Crippen LogP contribution in [-0.4, -0.2) is 24.9 Å². The quantitative estimate of drug-likeness (QED) is 0.147. The van der Waals surface area contributed by atoms with Crippen LogP contribution < -0.4 is 19.8 Å². The molecule has 0 saturated heterocycles. The van der Waals surface area contributed by atoms with Gasteiger partial charge in [-0.3, -0.25) is 4.79 Å². The first-order valence-corrected chi connectivity index (χ1v) is 15.2. The lowest BCUT2D eigenvalue weighted by Gasteiger charge is -2.18. The van der Waals surface area contributed by atoms with Gasteiger partial charge in [0.1, 0.15) is 5.75 Å². The van der Waals surface area contributed by atoms with Gasteiger partial charge in [-0.05, 0) is 31.4 Å². The average Bonchev–Trinajstić information content (AvgIpc) is 2.91. The Morgan fingerprint density at radius 1 is 0.649 bits per heavy atom. The maximum atomic E-state index is 13.6. The molecule has 2 rings (SSSR count). The molecule has 0 fully saturated rings. The van der Waals surface area contributed by atoms with Crippen LogP contribution in [0, 0.1) is 0 Å². The summed E-state index contributed by atoms with van der Waals surface area (Å²) >= 11 is 0. The summed E-state index contributed by atoms with van der Waals surface area (Å²) < 4.78 is 19.8. The molecule has 0 amide bonds. The maximum Gasteiger partial charge on any atom is 0.297 e. The number of nitrogens with zero attached hydrogens (tertiary/aromatic N) is 1. The number of unbranched alkanes of at least 4 members (excludes halogenated alkanes) is 13. The smallest absolute Gasteiger partial charge is 0.297 e. The van der Waals surface area contributed by atoms with Gasteiger partial charge in [0.25, 0.3) is 5.56 Å². The lowest BCUT2D eigenvalue weighted by atomic mass is 10.1. The molecule has 0 radical (unpaired) electrons. The first-order chi connectivity index (χ1) is 18.2. The number of rotatable bonds is 22. The van der Waals surface area contributed by atoms with Crippen molar-refractivity contribution >= 4 is 10.9 Å². The molecule has 0 bridgehead atoms. The van der Waals surface area contributed by atoms with Gasteiger partial charge in [-0.25, -0.2) is 0 Å². The minimum atomic E-state index is -0.111. The van der Waals surface area contributed by atoms with E-state index in [1.54, 1.807) is 7.11 Å². The Balaban J connectivity index is 2.23. The predicted octanol–water partition coefficient (Wildman–Crippen LogP) is 9.07. The molecule has 1 aromatic heterocycles. The number of aryl methyl sites for hydroxylation is 1. The van der Waals surface area contributed by atoms with Gasteiger partial charge in [0, 0.05) is 18.0 Å². The topological polar surface area (TPSA) is 49.7 Å². The third-order valence-electron chi connectivity index (χ3n) is 7.10. The van der Waals surface area contributed by atoms with Gasteiger partial charge < -0.3 is 18.8 Å². The number of pyridine rings is 1. The molecular weight excluding hydrogens is 462 g/mol. The second kappa shape index (κ2) is 19.0. The zero-order valence-electron chi connectivity index (χ0n) is 24.2. The van der Waals surface area contributed by atoms with Gasteiger partial charge in [0.2, 0.25) is 5.75 Å². The molecule has 1 aromatic carbocycles. The summed E-state index contributed by atoms with van der Waals surface area (Å²) in [5.74, 6) is 1.70. The molecule has 0 spiro atoms. The zero-order chi connectivity index (χ0) is 26.7. The highest BCUT2D eigenvalue weighted by molar-refractivity contribution is 5.89. The number of fused-ring (bicyclic) bond motifs is 1. The van der Waals surface area contributed by atoms with E-state index in [9.17, 15) is 4.79 Å². The van der Waals surface area contributed by atoms with Gasteiger partial charge >= 0.3 is 0 Å². The van der Waals surface area contributed by atoms with E-state index in [2.05, 4.69) is 20.8 Å². The van der Waals surface area contributed by atoms with E-state index in [0.717, 1.165) is 48.8 Å². The van der Waals surface area contributed by atoms with Crippen LogP contribution in [0.5, 0.6) is 17.2 Å². The lowest BCUT2D eigenvalue weighted by molar-refractivity contribution is 0.285. The van der Waals surface area contributed by atoms with Gasteiger partial charge in [-0.1, -0.05) is 104 Å². The van der Waals surface area contributed by atoms with E-state index in [1.807, 2.05) is 22.8 Å². The van der Waals surface area contributed by atoms with E-state index in [0.29, 0.717) is 31.3 Å². The Hall–Kier alpha value is -2.17. The Morgan fingerprint density at radius 3 is 1.81 bits per heavy atom. The van der Waals surface area contributed by atoms with E-state index >= 15 is 0 Å². The van der Waals surface area contributed by atoms with Crippen molar-refractivity contribution in [2.75, 3.05) is 20.3 Å². The zero-order valence-corrected chi connectivity index (χ0v) is 24.2. The van der Waals surface area contributed by atoms with Crippen LogP contribution in [0.1, 0.15) is 124 Å². The van der Waals surface area contributed by atoms with Crippen molar-refractivity contribution in [1.29, 1.82) is 0 Å². The van der Waals surface area contributed by atoms with Gasteiger partial charge in [-0.15, -0.1) is 0 Å². The largest absolute Gasteiger partial charge is 0.494 e. The minimum Gasteiger partial charge on any atom is -0.494 e. The number of methoxy groups -OCH3 is 1. The Morgan fingerprint density at radius 2 is 1.19 bits per heavy atom. The summed E-state index contributed by atoms with van der Waals surface area (Å²) in [6.07, 6.45) is 19.0. The molecule has 37 heavy (non-hydrogen) atoms. The summed E-state index contributed by atoms with van der Waals surface area (Å²) in [5.41, 5.74) is 0.767. The van der Waals surface area contributed by atoms with E-state index in [4.69, 9.17) is 14.2 Å². The molecular formula is C32H53NO4. The van der Waals surface area contributed by atoms with E-state index in [1.165, 1.54) is 70.6 Å². The van der Waals surface area contributed by atoms with Crippen molar-refractivity contribution in [3.63, 3.8) is 0 Å². The third-order valence-corrected chi connectivity index (χ3v) is 7.10. The fourth-order valence-electron chi connectivity index (χ4n) is 4.84. The van der Waals surface area contributed by atoms with Gasteiger partial charge in [0.15, 0.2) is 5.75 Å². The third kappa shape index (κ3) is 10.6. The molecule has 0 aliphatic heterocycles. The molecule has 5 heteroatoms. The van der Waals surface area contributed by atoms with Crippen molar-refractivity contribution in [2.24, 2.45) is 0 Å². The van der Waals surface area contributed by atoms with Crippen molar-refractivity contribution in [3.8, 4) is 17.2 Å². The summed E-state index contributed by atoms with van der Waals surface area (Å²) in [6, 6.07) is 6.06. The monoisotopic (exact) mass is 515 g/mol. The van der Waals surface area contributed by atoms with Crippen molar-refractivity contribution in [1.82, 2.24) is 4.57 Å². The molecule has 0 N–H and O–H groups in total. The standard InChI is InChI=1S/C32H53NO4/c1-5-8-11-14-16-18-23-33-29-26-27(36-24-20-17-15-12-9-6-2)21-22-28(29)30(31(35-4)32(33)34)37-25-19-13-10-7-3/h21-22,26H,5-20,23-25H2,1-4H3. The first-order valence-electron chi connectivity index (χ1n) is 15.2. The second-order valence-electron chi connectivity index (χ2n) is 10.3. The van der Waals surface area contributed by atoms with Crippen LogP contribution >= 0.6 is 0 Å². The maximum absolute atomic E-state index is 13.6. The number of benzene rings is 1. The van der Waals surface area contributed by atoms with Crippen LogP contribution in [0.3, 0.4) is 0 Å². The van der Waals surface area contributed by atoms with Crippen LogP contribution in [0.4, 0.5) is 0 Å². The highest BCUT2D eigenvalue weighted by atomic mass is 16.5. The summed E-state index contributed by atoms with van der Waals surface area (Å²) in [6.45, 7) is 8.65. The summed E-state index contributed by atoms with van der Waals surface area (Å²) in [7, 11) is 1.57. The normalized spacial score (nSPS) is 11.2. The molecule has 0 saturated carbocycles. The average molecular weight is 516 g/mol. The highest BCUT2D eigenvalue weighted by Crippen LogP contribution is 2.35. The van der Waals surface area contributed by atoms with E-state index in [-0.39, 0.29) is 5.56 Å². The summed E-state index contributed by atoms with van der Waals surface area (Å²) in [5, 5.41) is 0.921. The second-order valence-corrected chi connectivity index (χ2v) is 10.3. The minimum absolute atomic E-state index is 0.111. The van der Waals surface area contributed by atoms with Crippen molar-refractivity contribution in [2.45, 2.75) is 130 Å². The summed E-state index contributed by atoms with van der Waals surface area (Å²) in [4.78, 5) is 13.6. The van der Waals surface area contributed by atoms with Crippen molar-refractivity contribution < 1.29 is 14.2 Å². The first kappa shape index (κ1) is 31.1. The van der Waals surface area contributed by atoms with Crippen LogP contribution in [0.2, 0.25) is 0 Å². The van der Waals surface area contributed by atoms with Crippen LogP contribution in [0.15, 0.2) is 23.0 Å². The highest BCUT2D eigenvalue weighted by Gasteiger charge is 2.19. The SMILES string of the molecule is CCCCCCCCOc1ccc2c(OCCCCCC)c(OC)c(=O)n(CCCCCCCC)c2c1. The Bertz CT molecular complexity index is 937. The molecule has 0 atom stereocenters. The van der Waals surface area contributed by atoms with Crippen molar-refractivity contribution in [3.05, 3.63) is 28.6 Å².